The molecular weight excluding hydrogens is 362 g/mol. The zero-order valence-corrected chi connectivity index (χ0v) is 14.0. The highest BCUT2D eigenvalue weighted by atomic mass is 79.9. The van der Waals surface area contributed by atoms with Crippen molar-refractivity contribution in [1.82, 2.24) is 4.98 Å². The fourth-order valence-corrected chi connectivity index (χ4v) is 4.15. The Labute approximate surface area is 139 Å². The van der Waals surface area contributed by atoms with Crippen molar-refractivity contribution in [2.24, 2.45) is 0 Å². The van der Waals surface area contributed by atoms with Crippen LogP contribution in [0.15, 0.2) is 34.8 Å². The molecule has 5 heteroatoms. The van der Waals surface area contributed by atoms with E-state index in [4.69, 9.17) is 0 Å². The molecule has 2 aromatic heterocycles. The summed E-state index contributed by atoms with van der Waals surface area (Å²) in [5, 5.41) is 11.1. The van der Waals surface area contributed by atoms with Crippen molar-refractivity contribution in [3.8, 4) is 5.75 Å². The molecule has 0 aliphatic heterocycles. The van der Waals surface area contributed by atoms with Crippen LogP contribution in [-0.2, 0) is 12.8 Å². The summed E-state index contributed by atoms with van der Waals surface area (Å²) >= 11 is 4.63. The van der Waals surface area contributed by atoms with Gasteiger partial charge in [0, 0.05) is 15.7 Å². The molecule has 4 rings (SSSR count). The molecule has 0 radical (unpaired) electrons. The molecule has 3 aromatic rings. The van der Waals surface area contributed by atoms with E-state index in [-0.39, 0.29) is 11.5 Å². The molecule has 0 atom stereocenters. The predicted molar refractivity (Wildman–Crippen MR) is 90.9 cm³/mol. The highest BCUT2D eigenvalue weighted by molar-refractivity contribution is 9.10. The number of benzene rings is 1. The maximum Gasteiger partial charge on any atom is 0.206 e. The zero-order chi connectivity index (χ0) is 15.3. The number of aromatic hydroxyl groups is 1. The lowest BCUT2D eigenvalue weighted by Crippen LogP contribution is -1.98. The van der Waals surface area contributed by atoms with Crippen LogP contribution in [0.4, 0.5) is 0 Å². The SMILES string of the molecule is O=C(c1ccc(Br)cc1)c1sc2nc3c(cc2c1O)CCC3. The third kappa shape index (κ3) is 2.16. The monoisotopic (exact) mass is 373 g/mol. The van der Waals surface area contributed by atoms with Gasteiger partial charge >= 0.3 is 0 Å². The van der Waals surface area contributed by atoms with E-state index in [9.17, 15) is 9.90 Å². The van der Waals surface area contributed by atoms with Crippen LogP contribution < -0.4 is 0 Å². The van der Waals surface area contributed by atoms with Gasteiger partial charge < -0.3 is 5.11 Å². The molecule has 0 fully saturated rings. The van der Waals surface area contributed by atoms with Crippen LogP contribution in [0.25, 0.3) is 10.2 Å². The minimum Gasteiger partial charge on any atom is -0.506 e. The summed E-state index contributed by atoms with van der Waals surface area (Å²) < 4.78 is 0.919. The maximum atomic E-state index is 12.6. The number of ketones is 1. The van der Waals surface area contributed by atoms with Gasteiger partial charge in [0.05, 0.1) is 5.39 Å². The fourth-order valence-electron chi connectivity index (χ4n) is 2.85. The average Bonchev–Trinajstić information content (AvgIpc) is 3.10. The van der Waals surface area contributed by atoms with Gasteiger partial charge in [-0.15, -0.1) is 11.3 Å². The molecule has 1 aliphatic carbocycles. The predicted octanol–water partition coefficient (Wildman–Crippen LogP) is 4.48. The first-order valence-corrected chi connectivity index (χ1v) is 8.69. The van der Waals surface area contributed by atoms with Crippen LogP contribution in [0.3, 0.4) is 0 Å². The molecule has 0 bridgehead atoms. The molecule has 2 heterocycles. The normalized spacial score (nSPS) is 13.5. The zero-order valence-electron chi connectivity index (χ0n) is 11.6. The second-order valence-corrected chi connectivity index (χ2v) is 7.33. The Morgan fingerprint density at radius 1 is 1.23 bits per heavy atom. The summed E-state index contributed by atoms with van der Waals surface area (Å²) in [7, 11) is 0. The van der Waals surface area contributed by atoms with Crippen LogP contribution in [0, 0.1) is 0 Å². The smallest absolute Gasteiger partial charge is 0.206 e. The Hall–Kier alpha value is -1.72. The lowest BCUT2D eigenvalue weighted by Gasteiger charge is -2.00. The Bertz CT molecular complexity index is 899. The third-order valence-electron chi connectivity index (χ3n) is 4.00. The largest absolute Gasteiger partial charge is 0.506 e. The van der Waals surface area contributed by atoms with Gasteiger partial charge in [-0.2, -0.15) is 0 Å². The second-order valence-electron chi connectivity index (χ2n) is 5.42. The van der Waals surface area contributed by atoms with Gasteiger partial charge in [-0.05, 0) is 55.2 Å². The highest BCUT2D eigenvalue weighted by Crippen LogP contribution is 2.39. The number of nitrogens with zero attached hydrogens (tertiary/aromatic N) is 1. The summed E-state index contributed by atoms with van der Waals surface area (Å²) in [5.74, 6) is -0.0942. The van der Waals surface area contributed by atoms with Crippen LogP contribution in [-0.4, -0.2) is 15.9 Å². The molecular formula is C17H12BrNO2S. The highest BCUT2D eigenvalue weighted by Gasteiger charge is 2.22. The summed E-state index contributed by atoms with van der Waals surface area (Å²) in [6, 6.07) is 9.15. The van der Waals surface area contributed by atoms with Crippen LogP contribution in [0.1, 0.15) is 32.9 Å². The molecule has 1 N–H and O–H groups in total. The van der Waals surface area contributed by atoms with Crippen molar-refractivity contribution in [2.45, 2.75) is 19.3 Å². The van der Waals surface area contributed by atoms with Gasteiger partial charge in [0.2, 0.25) is 5.78 Å². The number of aryl methyl sites for hydroxylation is 2. The van der Waals surface area contributed by atoms with Crippen molar-refractivity contribution in [1.29, 1.82) is 0 Å². The first kappa shape index (κ1) is 13.9. The number of thiophene rings is 1. The molecule has 0 saturated heterocycles. The van der Waals surface area contributed by atoms with E-state index < -0.39 is 0 Å². The van der Waals surface area contributed by atoms with Crippen molar-refractivity contribution in [2.75, 3.05) is 0 Å². The molecule has 22 heavy (non-hydrogen) atoms. The number of carbonyl (C=O) groups is 1. The van der Waals surface area contributed by atoms with E-state index in [2.05, 4.69) is 20.9 Å². The maximum absolute atomic E-state index is 12.6. The first-order valence-electron chi connectivity index (χ1n) is 7.08. The molecule has 0 saturated carbocycles. The van der Waals surface area contributed by atoms with Gasteiger partial charge in [0.1, 0.15) is 15.5 Å². The topological polar surface area (TPSA) is 50.2 Å². The quantitative estimate of drug-likeness (QED) is 0.673. The number of carbonyl (C=O) groups excluding carboxylic acids is 1. The van der Waals surface area contributed by atoms with E-state index in [0.29, 0.717) is 15.8 Å². The number of halogens is 1. The van der Waals surface area contributed by atoms with Gasteiger partial charge in [-0.25, -0.2) is 4.98 Å². The van der Waals surface area contributed by atoms with Crippen molar-refractivity contribution in [3.05, 3.63) is 56.5 Å². The number of aromatic nitrogens is 1. The lowest BCUT2D eigenvalue weighted by molar-refractivity contribution is 0.104. The van der Waals surface area contributed by atoms with Crippen molar-refractivity contribution >= 4 is 43.3 Å². The van der Waals surface area contributed by atoms with E-state index >= 15 is 0 Å². The van der Waals surface area contributed by atoms with Gasteiger partial charge in [-0.3, -0.25) is 4.79 Å². The summed E-state index contributed by atoms with van der Waals surface area (Å²) in [4.78, 5) is 18.4. The molecule has 0 spiro atoms. The number of hydrogen-bond donors (Lipinski definition) is 1. The molecule has 110 valence electrons. The number of pyridine rings is 1. The van der Waals surface area contributed by atoms with E-state index in [0.717, 1.165) is 34.3 Å². The Morgan fingerprint density at radius 2 is 2.00 bits per heavy atom. The van der Waals surface area contributed by atoms with Gasteiger partial charge in [0.15, 0.2) is 0 Å². The van der Waals surface area contributed by atoms with E-state index in [1.165, 1.54) is 16.9 Å². The number of rotatable bonds is 2. The summed E-state index contributed by atoms with van der Waals surface area (Å²) in [6.45, 7) is 0. The molecule has 3 nitrogen and oxygen atoms in total. The van der Waals surface area contributed by atoms with Crippen molar-refractivity contribution < 1.29 is 9.90 Å². The number of fused-ring (bicyclic) bond motifs is 2. The first-order chi connectivity index (χ1) is 10.6. The van der Waals surface area contributed by atoms with E-state index in [1.54, 1.807) is 12.1 Å². The van der Waals surface area contributed by atoms with Crippen LogP contribution >= 0.6 is 27.3 Å². The lowest BCUT2D eigenvalue weighted by atomic mass is 10.1. The summed E-state index contributed by atoms with van der Waals surface area (Å²) in [5.41, 5.74) is 2.87. The fraction of sp³-hybridized carbons (Fsp3) is 0.176. The molecule has 1 aromatic carbocycles. The minimum absolute atomic E-state index is 0.0649. The third-order valence-corrected chi connectivity index (χ3v) is 5.61. The van der Waals surface area contributed by atoms with E-state index in [1.807, 2.05) is 18.2 Å². The van der Waals surface area contributed by atoms with Gasteiger partial charge in [0.25, 0.3) is 0 Å². The summed E-state index contributed by atoms with van der Waals surface area (Å²) in [6.07, 6.45) is 3.11. The molecule has 0 amide bonds. The van der Waals surface area contributed by atoms with Crippen molar-refractivity contribution in [3.63, 3.8) is 0 Å². The van der Waals surface area contributed by atoms with Crippen LogP contribution in [0.2, 0.25) is 0 Å². The Balaban J connectivity index is 1.83. The Morgan fingerprint density at radius 3 is 2.77 bits per heavy atom. The number of hydrogen-bond acceptors (Lipinski definition) is 4. The van der Waals surface area contributed by atoms with Crippen LogP contribution in [0.5, 0.6) is 5.75 Å². The average molecular weight is 374 g/mol. The van der Waals surface area contributed by atoms with Gasteiger partial charge in [-0.1, -0.05) is 15.9 Å². The Kier molecular flexibility index (Phi) is 3.27. The molecule has 0 unspecified atom stereocenters. The minimum atomic E-state index is -0.159. The standard InChI is InChI=1S/C17H12BrNO2S/c18-11-6-4-9(5-7-11)14(20)16-15(21)12-8-10-2-1-3-13(10)19-17(12)22-16/h4-8,21H,1-3H2. The molecule has 1 aliphatic rings. The second kappa shape index (κ2) is 5.18.